The van der Waals surface area contributed by atoms with E-state index in [-0.39, 0.29) is 35.9 Å². The van der Waals surface area contributed by atoms with E-state index in [2.05, 4.69) is 4.98 Å². The van der Waals surface area contributed by atoms with Crippen LogP contribution in [-0.2, 0) is 22.1 Å². The van der Waals surface area contributed by atoms with Crippen molar-refractivity contribution in [2.45, 2.75) is 71.5 Å². The predicted molar refractivity (Wildman–Crippen MR) is 145 cm³/mol. The van der Waals surface area contributed by atoms with Crippen molar-refractivity contribution in [2.75, 3.05) is 25.7 Å². The fraction of sp³-hybridized carbons (Fsp3) is 0.517. The standard InChI is InChI=1S/C20H20F3N3O4.C7H12O.C2H6/c1-12(11-27)26(2)17-5-4-14(9-15(17)19(28)29-3)30-18-16(20(21,22)23)8-13(6-7-24)10-25-18;8-6-7-4-2-1-3-5-7;1-2/h4-5,8-10,12,27H,6,11H2,1-3H3;6-7H,1-5H2;1-2H3. The minimum atomic E-state index is -4.75. The summed E-state index contributed by atoms with van der Waals surface area (Å²) in [5, 5.41) is 18.1. The maximum Gasteiger partial charge on any atom is 0.421 e. The lowest BCUT2D eigenvalue weighted by molar-refractivity contribution is -0.139. The number of likely N-dealkylation sites (N-methyl/N-ethyl adjacent to an activating group) is 1. The number of hydrogen-bond donors (Lipinski definition) is 1. The van der Waals surface area contributed by atoms with Crippen LogP contribution >= 0.6 is 0 Å². The molecular weight excluding hydrogens is 527 g/mol. The third kappa shape index (κ3) is 10.2. The fourth-order valence-electron chi connectivity index (χ4n) is 3.87. The van der Waals surface area contributed by atoms with Gasteiger partial charge in [-0.1, -0.05) is 33.1 Å². The molecule has 1 atom stereocenters. The molecule has 1 aromatic carbocycles. The molecule has 0 amide bonds. The number of hydrogen-bond acceptors (Lipinski definition) is 8. The van der Waals surface area contributed by atoms with Gasteiger partial charge in [-0.3, -0.25) is 0 Å². The average molecular weight is 566 g/mol. The van der Waals surface area contributed by atoms with Crippen molar-refractivity contribution < 1.29 is 37.3 Å². The summed E-state index contributed by atoms with van der Waals surface area (Å²) in [6.07, 6.45) is 3.41. The van der Waals surface area contributed by atoms with Gasteiger partial charge in [0.05, 0.1) is 37.5 Å². The van der Waals surface area contributed by atoms with Gasteiger partial charge in [0.2, 0.25) is 5.88 Å². The van der Waals surface area contributed by atoms with Crippen molar-refractivity contribution in [2.24, 2.45) is 5.92 Å². The molecule has 8 nitrogen and oxygen atoms in total. The Kier molecular flexibility index (Phi) is 14.7. The number of nitriles is 1. The summed E-state index contributed by atoms with van der Waals surface area (Å²) in [5.41, 5.74) is -0.580. The number of esters is 1. The van der Waals surface area contributed by atoms with E-state index in [1.54, 1.807) is 24.9 Å². The zero-order valence-corrected chi connectivity index (χ0v) is 23.6. The number of ether oxygens (including phenoxy) is 2. The van der Waals surface area contributed by atoms with Gasteiger partial charge in [-0.05, 0) is 49.6 Å². The van der Waals surface area contributed by atoms with E-state index in [0.717, 1.165) is 31.4 Å². The summed E-state index contributed by atoms with van der Waals surface area (Å²) < 4.78 is 50.4. The summed E-state index contributed by atoms with van der Waals surface area (Å²) in [7, 11) is 2.83. The van der Waals surface area contributed by atoms with Crippen molar-refractivity contribution in [3.05, 3.63) is 47.2 Å². The van der Waals surface area contributed by atoms with E-state index in [4.69, 9.17) is 14.7 Å². The highest BCUT2D eigenvalue weighted by Gasteiger charge is 2.36. The number of methoxy groups -OCH3 is 1. The number of aliphatic hydroxyl groups is 1. The first-order valence-corrected chi connectivity index (χ1v) is 13.2. The molecular formula is C29H38F3N3O5. The molecule has 1 aromatic heterocycles. The minimum Gasteiger partial charge on any atom is -0.465 e. The first kappa shape index (κ1) is 34.4. The van der Waals surface area contributed by atoms with Crippen LogP contribution in [0, 0.1) is 17.2 Å². The number of alkyl halides is 3. The van der Waals surface area contributed by atoms with Crippen LogP contribution in [0.1, 0.15) is 74.4 Å². The highest BCUT2D eigenvalue weighted by molar-refractivity contribution is 5.96. The van der Waals surface area contributed by atoms with Crippen molar-refractivity contribution in [3.63, 3.8) is 0 Å². The lowest BCUT2D eigenvalue weighted by Crippen LogP contribution is -2.33. The minimum absolute atomic E-state index is 0.0486. The maximum absolute atomic E-state index is 13.4. The molecule has 0 radical (unpaired) electrons. The Bertz CT molecular complexity index is 1130. The number of anilines is 1. The van der Waals surface area contributed by atoms with E-state index in [0.29, 0.717) is 11.6 Å². The Morgan fingerprint density at radius 1 is 1.25 bits per heavy atom. The van der Waals surface area contributed by atoms with Gasteiger partial charge in [-0.15, -0.1) is 0 Å². The molecule has 1 saturated carbocycles. The molecule has 0 saturated heterocycles. The molecule has 0 bridgehead atoms. The van der Waals surface area contributed by atoms with E-state index in [1.807, 2.05) is 13.8 Å². The van der Waals surface area contributed by atoms with Crippen LogP contribution in [0.3, 0.4) is 0 Å². The third-order valence-corrected chi connectivity index (χ3v) is 6.23. The molecule has 1 aliphatic rings. The number of pyridine rings is 1. The molecule has 1 N–H and O–H groups in total. The Morgan fingerprint density at radius 2 is 1.90 bits per heavy atom. The van der Waals surface area contributed by atoms with Gasteiger partial charge in [0.15, 0.2) is 0 Å². The molecule has 3 rings (SSSR count). The van der Waals surface area contributed by atoms with Crippen molar-refractivity contribution in [1.82, 2.24) is 4.98 Å². The van der Waals surface area contributed by atoms with Gasteiger partial charge >= 0.3 is 12.1 Å². The topological polar surface area (TPSA) is 113 Å². The van der Waals surface area contributed by atoms with Crippen molar-refractivity contribution >= 4 is 17.9 Å². The summed E-state index contributed by atoms with van der Waals surface area (Å²) in [5.74, 6) is -1.08. The maximum atomic E-state index is 13.4. The first-order chi connectivity index (χ1) is 19.0. The molecule has 11 heteroatoms. The molecule has 2 aromatic rings. The Hall–Kier alpha value is -3.65. The second-order valence-electron chi connectivity index (χ2n) is 8.98. The van der Waals surface area contributed by atoms with Gasteiger partial charge in [-0.2, -0.15) is 18.4 Å². The summed E-state index contributed by atoms with van der Waals surface area (Å²) in [6, 6.07) is 6.35. The van der Waals surface area contributed by atoms with Crippen LogP contribution in [0.2, 0.25) is 0 Å². The quantitative estimate of drug-likeness (QED) is 0.291. The Morgan fingerprint density at radius 3 is 2.40 bits per heavy atom. The van der Waals surface area contributed by atoms with Crippen LogP contribution in [0.4, 0.5) is 18.9 Å². The molecule has 1 aliphatic carbocycles. The molecule has 0 spiro atoms. The molecule has 220 valence electrons. The normalized spacial score (nSPS) is 13.8. The largest absolute Gasteiger partial charge is 0.465 e. The summed E-state index contributed by atoms with van der Waals surface area (Å²) in [4.78, 5) is 27.7. The van der Waals surface area contributed by atoms with Crippen molar-refractivity contribution in [1.29, 1.82) is 5.26 Å². The van der Waals surface area contributed by atoms with Crippen LogP contribution in [0.15, 0.2) is 30.5 Å². The van der Waals surface area contributed by atoms with Gasteiger partial charge in [0, 0.05) is 25.2 Å². The Balaban J connectivity index is 0.000000675. The zero-order chi connectivity index (χ0) is 30.3. The molecule has 1 fully saturated rings. The van der Waals surface area contributed by atoms with E-state index >= 15 is 0 Å². The molecule has 1 heterocycles. The predicted octanol–water partition coefficient (Wildman–Crippen LogP) is 6.35. The molecule has 0 aliphatic heterocycles. The number of carbonyl (C=O) groups excluding carboxylic acids is 2. The van der Waals surface area contributed by atoms with Gasteiger partial charge < -0.3 is 24.3 Å². The van der Waals surface area contributed by atoms with Gasteiger partial charge in [-0.25, -0.2) is 9.78 Å². The lowest BCUT2D eigenvalue weighted by Gasteiger charge is -2.27. The number of carbonyl (C=O) groups is 2. The number of aldehydes is 1. The SMILES string of the molecule is CC.COC(=O)c1cc(Oc2ncc(CC#N)cc2C(F)(F)F)ccc1N(C)C(C)CO.O=CC1CCCCC1. The molecule has 40 heavy (non-hydrogen) atoms. The van der Waals surface area contributed by atoms with E-state index in [9.17, 15) is 27.9 Å². The first-order valence-electron chi connectivity index (χ1n) is 13.2. The average Bonchev–Trinajstić information content (AvgIpc) is 2.98. The highest BCUT2D eigenvalue weighted by Crippen LogP contribution is 2.38. The van der Waals surface area contributed by atoms with Gasteiger partial charge in [0.1, 0.15) is 17.6 Å². The molecule has 1 unspecified atom stereocenters. The number of nitrogens with zero attached hydrogens (tertiary/aromatic N) is 3. The second kappa shape index (κ2) is 17.1. The Labute approximate surface area is 233 Å². The van der Waals surface area contributed by atoms with E-state index in [1.165, 1.54) is 44.6 Å². The number of aromatic nitrogens is 1. The van der Waals surface area contributed by atoms with Crippen LogP contribution in [0.25, 0.3) is 0 Å². The number of halogens is 3. The smallest absolute Gasteiger partial charge is 0.421 e. The lowest BCUT2D eigenvalue weighted by atomic mass is 9.91. The number of rotatable bonds is 8. The highest BCUT2D eigenvalue weighted by atomic mass is 19.4. The van der Waals surface area contributed by atoms with Gasteiger partial charge in [0.25, 0.3) is 0 Å². The van der Waals surface area contributed by atoms with Crippen LogP contribution in [-0.4, -0.2) is 49.2 Å². The number of aliphatic hydroxyl groups excluding tert-OH is 1. The third-order valence-electron chi connectivity index (χ3n) is 6.23. The van der Waals surface area contributed by atoms with Crippen LogP contribution in [0.5, 0.6) is 11.6 Å². The summed E-state index contributed by atoms with van der Waals surface area (Å²) in [6.45, 7) is 5.55. The summed E-state index contributed by atoms with van der Waals surface area (Å²) >= 11 is 0. The van der Waals surface area contributed by atoms with Crippen LogP contribution < -0.4 is 9.64 Å². The van der Waals surface area contributed by atoms with E-state index < -0.39 is 23.6 Å². The monoisotopic (exact) mass is 565 g/mol. The van der Waals surface area contributed by atoms with Crippen molar-refractivity contribution in [3.8, 4) is 17.7 Å². The fourth-order valence-corrected chi connectivity index (χ4v) is 3.87. The second-order valence-corrected chi connectivity index (χ2v) is 8.98. The number of benzene rings is 1. The zero-order valence-electron chi connectivity index (χ0n) is 23.6.